The Kier molecular flexibility index (Phi) is 5.93. The van der Waals surface area contributed by atoms with Gasteiger partial charge in [0.2, 0.25) is 0 Å². The van der Waals surface area contributed by atoms with Gasteiger partial charge in [-0.25, -0.2) is 4.39 Å². The van der Waals surface area contributed by atoms with Crippen molar-refractivity contribution in [3.8, 4) is 0 Å². The molecule has 1 aromatic heterocycles. The third-order valence-corrected chi connectivity index (χ3v) is 6.42. The summed E-state index contributed by atoms with van der Waals surface area (Å²) in [7, 11) is 0. The van der Waals surface area contributed by atoms with Gasteiger partial charge in [-0.2, -0.15) is 0 Å². The smallest absolute Gasteiger partial charge is 0.184 e. The summed E-state index contributed by atoms with van der Waals surface area (Å²) in [5, 5.41) is 1.96. The zero-order chi connectivity index (χ0) is 20.3. The van der Waals surface area contributed by atoms with Crippen LogP contribution in [-0.2, 0) is 25.6 Å². The molecule has 5 rings (SSSR count). The van der Waals surface area contributed by atoms with E-state index >= 15 is 4.39 Å². The first-order valence-corrected chi connectivity index (χ1v) is 11.0. The highest BCUT2D eigenvalue weighted by molar-refractivity contribution is 7.10. The summed E-state index contributed by atoms with van der Waals surface area (Å²) in [6.45, 7) is 0.588. The molecule has 1 unspecified atom stereocenters. The van der Waals surface area contributed by atoms with Crippen LogP contribution >= 0.6 is 11.3 Å². The van der Waals surface area contributed by atoms with E-state index < -0.39 is 36.9 Å². The first kappa shape index (κ1) is 19.8. The number of hydrogen-bond donors (Lipinski definition) is 0. The van der Waals surface area contributed by atoms with Crippen LogP contribution in [0.2, 0.25) is 0 Å². The van der Waals surface area contributed by atoms with Gasteiger partial charge < -0.3 is 18.9 Å². The second-order valence-electron chi connectivity index (χ2n) is 7.49. The maximum Gasteiger partial charge on any atom is 0.184 e. The minimum absolute atomic E-state index is 0.276. The third kappa shape index (κ3) is 4.06. The molecule has 156 valence electrons. The van der Waals surface area contributed by atoms with Crippen LogP contribution in [0.25, 0.3) is 0 Å². The van der Waals surface area contributed by atoms with E-state index in [1.807, 2.05) is 78.2 Å². The van der Waals surface area contributed by atoms with Crippen LogP contribution < -0.4 is 0 Å². The van der Waals surface area contributed by atoms with Crippen LogP contribution in [0.1, 0.15) is 28.4 Å². The minimum atomic E-state index is -1.34. The lowest BCUT2D eigenvalue weighted by atomic mass is 9.94. The van der Waals surface area contributed by atoms with Gasteiger partial charge in [0, 0.05) is 10.4 Å². The van der Waals surface area contributed by atoms with Crippen LogP contribution in [0.5, 0.6) is 0 Å². The van der Waals surface area contributed by atoms with Crippen molar-refractivity contribution in [2.24, 2.45) is 0 Å². The maximum atomic E-state index is 15.8. The molecule has 0 saturated carbocycles. The van der Waals surface area contributed by atoms with Gasteiger partial charge in [0.1, 0.15) is 24.4 Å². The molecule has 6 heteroatoms. The van der Waals surface area contributed by atoms with E-state index in [1.54, 1.807) is 11.3 Å². The predicted molar refractivity (Wildman–Crippen MR) is 112 cm³/mol. The third-order valence-electron chi connectivity index (χ3n) is 5.49. The van der Waals surface area contributed by atoms with E-state index in [1.165, 1.54) is 0 Å². The molecule has 0 spiro atoms. The Labute approximate surface area is 179 Å². The fraction of sp³-hybridized carbons (Fsp3) is 0.333. The Bertz CT molecular complexity index is 921. The molecule has 0 N–H and O–H groups in total. The molecule has 2 aliphatic heterocycles. The van der Waals surface area contributed by atoms with Crippen LogP contribution in [0.4, 0.5) is 4.39 Å². The summed E-state index contributed by atoms with van der Waals surface area (Å²) in [5.41, 5.74) is 1.86. The highest BCUT2D eigenvalue weighted by Gasteiger charge is 2.51. The fourth-order valence-electron chi connectivity index (χ4n) is 3.98. The molecule has 2 saturated heterocycles. The number of alkyl halides is 1. The molecule has 3 heterocycles. The molecule has 3 aromatic rings. The number of halogens is 1. The Morgan fingerprint density at radius 1 is 0.933 bits per heavy atom. The minimum Gasteiger partial charge on any atom is -0.367 e. The molecular weight excluding hydrogens is 403 g/mol. The zero-order valence-corrected chi connectivity index (χ0v) is 17.1. The van der Waals surface area contributed by atoms with Gasteiger partial charge in [0.15, 0.2) is 12.5 Å². The predicted octanol–water partition coefficient (Wildman–Crippen LogP) is 5.23. The van der Waals surface area contributed by atoms with E-state index in [2.05, 4.69) is 0 Å². The molecule has 2 fully saturated rings. The lowest BCUT2D eigenvalue weighted by molar-refractivity contribution is -0.325. The number of hydrogen-bond acceptors (Lipinski definition) is 5. The number of thiophene rings is 1. The molecule has 0 amide bonds. The van der Waals surface area contributed by atoms with Gasteiger partial charge in [-0.05, 0) is 17.0 Å². The Balaban J connectivity index is 1.37. The first-order valence-electron chi connectivity index (χ1n) is 10.1. The molecule has 0 aliphatic carbocycles. The van der Waals surface area contributed by atoms with Gasteiger partial charge in [-0.15, -0.1) is 11.3 Å². The van der Waals surface area contributed by atoms with Crippen LogP contribution in [0.3, 0.4) is 0 Å². The summed E-state index contributed by atoms with van der Waals surface area (Å²) in [4.78, 5) is 0.944. The summed E-state index contributed by atoms with van der Waals surface area (Å²) in [5.74, 6) is 0. The summed E-state index contributed by atoms with van der Waals surface area (Å²) in [6, 6.07) is 23.3. The van der Waals surface area contributed by atoms with Gasteiger partial charge in [-0.3, -0.25) is 0 Å². The second kappa shape index (κ2) is 8.96. The topological polar surface area (TPSA) is 36.9 Å². The number of rotatable bonds is 5. The van der Waals surface area contributed by atoms with Crippen molar-refractivity contribution in [1.29, 1.82) is 0 Å². The van der Waals surface area contributed by atoms with Crippen LogP contribution in [0.15, 0.2) is 78.2 Å². The molecule has 30 heavy (non-hydrogen) atoms. The van der Waals surface area contributed by atoms with Crippen molar-refractivity contribution in [2.75, 3.05) is 6.61 Å². The molecule has 6 atom stereocenters. The summed E-state index contributed by atoms with van der Waals surface area (Å²) in [6.07, 6.45) is -4.44. The van der Waals surface area contributed by atoms with E-state index in [0.717, 1.165) is 16.0 Å². The van der Waals surface area contributed by atoms with Gasteiger partial charge >= 0.3 is 0 Å². The first-order chi connectivity index (χ1) is 14.8. The molecule has 2 aromatic carbocycles. The van der Waals surface area contributed by atoms with Crippen molar-refractivity contribution < 1.29 is 23.3 Å². The van der Waals surface area contributed by atoms with E-state index in [9.17, 15) is 0 Å². The molecule has 0 bridgehead atoms. The van der Waals surface area contributed by atoms with Crippen LogP contribution in [-0.4, -0.2) is 31.1 Å². The fourth-order valence-corrected chi connectivity index (χ4v) is 4.77. The van der Waals surface area contributed by atoms with Crippen molar-refractivity contribution in [3.63, 3.8) is 0 Å². The van der Waals surface area contributed by atoms with E-state index in [4.69, 9.17) is 18.9 Å². The highest BCUT2D eigenvalue weighted by Crippen LogP contribution is 2.42. The van der Waals surface area contributed by atoms with Gasteiger partial charge in [0.25, 0.3) is 0 Å². The Morgan fingerprint density at radius 3 is 2.43 bits per heavy atom. The molecule has 0 radical (unpaired) electrons. The van der Waals surface area contributed by atoms with Gasteiger partial charge in [0.05, 0.1) is 13.2 Å². The molecule has 2 aliphatic rings. The average Bonchev–Trinajstić information content (AvgIpc) is 3.34. The van der Waals surface area contributed by atoms with E-state index in [-0.39, 0.29) is 6.61 Å². The zero-order valence-electron chi connectivity index (χ0n) is 16.3. The second-order valence-corrected chi connectivity index (χ2v) is 8.47. The number of ether oxygens (including phenoxy) is 4. The largest absolute Gasteiger partial charge is 0.367 e. The SMILES string of the molecule is F[C@H]1[C@@H](OCc2ccccc2)[C@H](c2cccs2)O[C@@H]2COC(c3ccccc3)O[C@@H]12. The quantitative estimate of drug-likeness (QED) is 0.560. The average molecular weight is 427 g/mol. The van der Waals surface area contributed by atoms with Crippen molar-refractivity contribution >= 4 is 11.3 Å². The van der Waals surface area contributed by atoms with Crippen molar-refractivity contribution in [1.82, 2.24) is 0 Å². The molecular formula is C24H23FO4S. The lowest BCUT2D eigenvalue weighted by Gasteiger charge is -2.46. The Hall–Kier alpha value is -2.09. The van der Waals surface area contributed by atoms with Crippen molar-refractivity contribution in [3.05, 3.63) is 94.2 Å². The molecule has 4 nitrogen and oxygen atoms in total. The number of benzene rings is 2. The Morgan fingerprint density at radius 2 is 1.70 bits per heavy atom. The summed E-state index contributed by atoms with van der Waals surface area (Å²) < 4.78 is 40.1. The van der Waals surface area contributed by atoms with E-state index in [0.29, 0.717) is 6.61 Å². The maximum absolute atomic E-state index is 15.8. The monoisotopic (exact) mass is 426 g/mol. The highest BCUT2D eigenvalue weighted by atomic mass is 32.1. The summed E-state index contributed by atoms with van der Waals surface area (Å²) >= 11 is 1.54. The van der Waals surface area contributed by atoms with Crippen molar-refractivity contribution in [2.45, 2.75) is 43.5 Å². The normalized spacial score (nSPS) is 31.2. The standard InChI is InChI=1S/C24H23FO4S/c25-20-21-18(15-27-24(29-21)17-10-5-2-6-11-17)28-22(19-12-7-13-30-19)23(20)26-14-16-8-3-1-4-9-16/h1-13,18,20-24H,14-15H2/t18-,20-,21-,22+,23-,24?/m1/s1. The van der Waals surface area contributed by atoms with Gasteiger partial charge in [-0.1, -0.05) is 66.7 Å². The van der Waals surface area contributed by atoms with Crippen LogP contribution in [0, 0.1) is 0 Å². The lowest BCUT2D eigenvalue weighted by Crippen LogP contribution is -2.58. The number of fused-ring (bicyclic) bond motifs is 1.